The molecular weight excluding hydrogens is 416 g/mol. The van der Waals surface area contributed by atoms with E-state index >= 15 is 0 Å². The highest BCUT2D eigenvalue weighted by molar-refractivity contribution is 14.1. The summed E-state index contributed by atoms with van der Waals surface area (Å²) in [6.45, 7) is 0.460. The van der Waals surface area contributed by atoms with Crippen molar-refractivity contribution in [2.24, 2.45) is 0 Å². The zero-order valence-corrected chi connectivity index (χ0v) is 14.5. The highest BCUT2D eigenvalue weighted by Crippen LogP contribution is 2.23. The van der Waals surface area contributed by atoms with Gasteiger partial charge in [0.05, 0.1) is 8.45 Å². The second kappa shape index (κ2) is 6.43. The summed E-state index contributed by atoms with van der Waals surface area (Å²) in [5, 5.41) is 3.03. The molecule has 19 heavy (non-hydrogen) atoms. The molecular formula is C13H10Cl2INOS. The number of thiophene rings is 1. The maximum Gasteiger partial charge on any atom is 0.254 e. The van der Waals surface area contributed by atoms with Crippen molar-refractivity contribution in [2.75, 3.05) is 7.05 Å². The Hall–Kier alpha value is -0.300. The minimum Gasteiger partial charge on any atom is -0.337 e. The van der Waals surface area contributed by atoms with Crippen molar-refractivity contribution in [1.82, 2.24) is 4.90 Å². The molecule has 1 aromatic carbocycles. The van der Waals surface area contributed by atoms with Crippen LogP contribution in [0.2, 0.25) is 10.0 Å². The van der Waals surface area contributed by atoms with Crippen LogP contribution in [0, 0.1) is 2.88 Å². The molecule has 2 rings (SSSR count). The molecule has 1 aromatic heterocycles. The van der Waals surface area contributed by atoms with Gasteiger partial charge in [0, 0.05) is 29.0 Å². The van der Waals surface area contributed by atoms with Gasteiger partial charge in [-0.15, -0.1) is 11.3 Å². The van der Waals surface area contributed by atoms with Crippen LogP contribution in [-0.4, -0.2) is 17.9 Å². The van der Waals surface area contributed by atoms with Gasteiger partial charge in [-0.3, -0.25) is 4.79 Å². The third kappa shape index (κ3) is 3.84. The molecule has 1 heterocycles. The molecule has 0 aliphatic heterocycles. The van der Waals surface area contributed by atoms with E-state index in [1.165, 1.54) is 0 Å². The van der Waals surface area contributed by atoms with Crippen molar-refractivity contribution in [3.63, 3.8) is 0 Å². The molecule has 6 heteroatoms. The molecule has 0 N–H and O–H groups in total. The predicted octanol–water partition coefficient (Wildman–Crippen LogP) is 4.93. The van der Waals surface area contributed by atoms with Gasteiger partial charge in [-0.1, -0.05) is 29.3 Å². The number of nitrogens with zero attached hydrogens (tertiary/aromatic N) is 1. The Kier molecular flexibility index (Phi) is 5.11. The normalized spacial score (nSPS) is 10.5. The molecule has 100 valence electrons. The largest absolute Gasteiger partial charge is 0.337 e. The number of halogens is 3. The maximum atomic E-state index is 12.2. The first-order valence-electron chi connectivity index (χ1n) is 5.41. The van der Waals surface area contributed by atoms with Crippen molar-refractivity contribution in [1.29, 1.82) is 0 Å². The second-order valence-corrected chi connectivity index (χ2v) is 7.69. The van der Waals surface area contributed by atoms with Crippen LogP contribution in [0.25, 0.3) is 0 Å². The Morgan fingerprint density at radius 3 is 2.68 bits per heavy atom. The average Bonchev–Trinajstić information content (AvgIpc) is 2.78. The monoisotopic (exact) mass is 425 g/mol. The van der Waals surface area contributed by atoms with Crippen molar-refractivity contribution < 1.29 is 4.79 Å². The van der Waals surface area contributed by atoms with E-state index in [0.29, 0.717) is 22.2 Å². The fraction of sp³-hybridized carbons (Fsp3) is 0.154. The first-order valence-corrected chi connectivity index (χ1v) is 8.12. The molecule has 0 saturated carbocycles. The van der Waals surface area contributed by atoms with Gasteiger partial charge in [-0.25, -0.2) is 0 Å². The number of hydrogen-bond acceptors (Lipinski definition) is 2. The molecule has 1 amide bonds. The summed E-state index contributed by atoms with van der Waals surface area (Å²) in [7, 11) is 1.76. The minimum absolute atomic E-state index is 0.00909. The topological polar surface area (TPSA) is 20.3 Å². The molecule has 0 radical (unpaired) electrons. The van der Waals surface area contributed by atoms with Crippen LogP contribution in [0.4, 0.5) is 0 Å². The van der Waals surface area contributed by atoms with E-state index in [-0.39, 0.29) is 5.91 Å². The number of amides is 1. The van der Waals surface area contributed by atoms with E-state index < -0.39 is 0 Å². The second-order valence-electron chi connectivity index (χ2n) is 4.04. The summed E-state index contributed by atoms with van der Waals surface area (Å²) in [6, 6.07) is 7.18. The summed E-state index contributed by atoms with van der Waals surface area (Å²) in [5.41, 5.74) is 1.59. The molecule has 0 atom stereocenters. The summed E-state index contributed by atoms with van der Waals surface area (Å²) in [4.78, 5) is 13.8. The average molecular weight is 426 g/mol. The third-order valence-corrected chi connectivity index (χ3v) is 4.96. The number of carbonyl (C=O) groups excluding carboxylic acids is 1. The van der Waals surface area contributed by atoms with Crippen LogP contribution in [0.1, 0.15) is 15.9 Å². The standard InChI is InChI=1S/C13H10Cl2INOS/c1-17(13(18)9-4-12(16)19-7-9)6-8-2-3-10(14)5-11(8)15/h2-5,7H,6H2,1H3. The molecule has 0 spiro atoms. The van der Waals surface area contributed by atoms with Gasteiger partial charge in [0.15, 0.2) is 0 Å². The van der Waals surface area contributed by atoms with Crippen LogP contribution >= 0.6 is 57.1 Å². The van der Waals surface area contributed by atoms with E-state index in [9.17, 15) is 4.79 Å². The van der Waals surface area contributed by atoms with Gasteiger partial charge in [0.1, 0.15) is 0 Å². The van der Waals surface area contributed by atoms with Crippen LogP contribution < -0.4 is 0 Å². The predicted molar refractivity (Wildman–Crippen MR) is 89.3 cm³/mol. The maximum absolute atomic E-state index is 12.2. The van der Waals surface area contributed by atoms with Crippen LogP contribution in [0.5, 0.6) is 0 Å². The summed E-state index contributed by atoms with van der Waals surface area (Å²) < 4.78 is 1.10. The Morgan fingerprint density at radius 1 is 1.37 bits per heavy atom. The summed E-state index contributed by atoms with van der Waals surface area (Å²) in [6.07, 6.45) is 0. The van der Waals surface area contributed by atoms with Gasteiger partial charge in [0.25, 0.3) is 5.91 Å². The first-order chi connectivity index (χ1) is 8.97. The number of benzene rings is 1. The zero-order chi connectivity index (χ0) is 14.0. The van der Waals surface area contributed by atoms with Gasteiger partial charge in [0.2, 0.25) is 0 Å². The van der Waals surface area contributed by atoms with Gasteiger partial charge in [-0.2, -0.15) is 0 Å². The minimum atomic E-state index is -0.00909. The fourth-order valence-electron chi connectivity index (χ4n) is 1.62. The Labute approximate surface area is 139 Å². The molecule has 2 nitrogen and oxygen atoms in total. The van der Waals surface area contributed by atoms with E-state index in [2.05, 4.69) is 22.6 Å². The lowest BCUT2D eigenvalue weighted by atomic mass is 10.2. The molecule has 0 aliphatic carbocycles. The van der Waals surface area contributed by atoms with Crippen LogP contribution in [-0.2, 0) is 6.54 Å². The Bertz CT molecular complexity index is 614. The quantitative estimate of drug-likeness (QED) is 0.638. The first kappa shape index (κ1) is 15.1. The van der Waals surface area contributed by atoms with Crippen molar-refractivity contribution in [2.45, 2.75) is 6.54 Å². The summed E-state index contributed by atoms with van der Waals surface area (Å²) in [5.74, 6) is -0.00909. The number of rotatable bonds is 3. The lowest BCUT2D eigenvalue weighted by Crippen LogP contribution is -2.25. The van der Waals surface area contributed by atoms with Gasteiger partial charge >= 0.3 is 0 Å². The van der Waals surface area contributed by atoms with Crippen LogP contribution in [0.3, 0.4) is 0 Å². The molecule has 0 aliphatic rings. The zero-order valence-electron chi connectivity index (χ0n) is 9.99. The highest BCUT2D eigenvalue weighted by Gasteiger charge is 2.14. The Morgan fingerprint density at radius 2 is 2.11 bits per heavy atom. The lowest BCUT2D eigenvalue weighted by molar-refractivity contribution is 0.0785. The van der Waals surface area contributed by atoms with E-state index in [0.717, 1.165) is 8.45 Å². The molecule has 2 aromatic rings. The molecule has 0 saturated heterocycles. The van der Waals surface area contributed by atoms with Crippen molar-refractivity contribution in [3.8, 4) is 0 Å². The number of hydrogen-bond donors (Lipinski definition) is 0. The van der Waals surface area contributed by atoms with Crippen LogP contribution in [0.15, 0.2) is 29.6 Å². The van der Waals surface area contributed by atoms with E-state index in [4.69, 9.17) is 23.2 Å². The van der Waals surface area contributed by atoms with Gasteiger partial charge in [-0.05, 0) is 46.4 Å². The van der Waals surface area contributed by atoms with Crippen molar-refractivity contribution in [3.05, 3.63) is 53.7 Å². The van der Waals surface area contributed by atoms with Gasteiger partial charge < -0.3 is 4.90 Å². The number of carbonyl (C=O) groups is 1. The fourth-order valence-corrected chi connectivity index (χ4v) is 3.41. The Balaban J connectivity index is 2.12. The lowest BCUT2D eigenvalue weighted by Gasteiger charge is -2.17. The molecule has 0 fully saturated rings. The highest BCUT2D eigenvalue weighted by atomic mass is 127. The molecule has 0 unspecified atom stereocenters. The van der Waals surface area contributed by atoms with E-state index in [1.54, 1.807) is 35.4 Å². The third-order valence-electron chi connectivity index (χ3n) is 2.58. The van der Waals surface area contributed by atoms with Crippen molar-refractivity contribution >= 4 is 63.0 Å². The molecule has 0 bridgehead atoms. The summed E-state index contributed by atoms with van der Waals surface area (Å²) >= 11 is 15.7. The SMILES string of the molecule is CN(Cc1ccc(Cl)cc1Cl)C(=O)c1csc(I)c1. The smallest absolute Gasteiger partial charge is 0.254 e. The van der Waals surface area contributed by atoms with E-state index in [1.807, 2.05) is 17.5 Å².